The van der Waals surface area contributed by atoms with Gasteiger partial charge in [0, 0.05) is 13.1 Å². The molecule has 1 rings (SSSR count). The van der Waals surface area contributed by atoms with Gasteiger partial charge in [-0.2, -0.15) is 0 Å². The SMILES string of the molecule is CCN(CC)c1cc(C)ccc1F. The minimum absolute atomic E-state index is 0.130. The number of aryl methyl sites for hydroxylation is 1. The van der Waals surface area contributed by atoms with E-state index >= 15 is 0 Å². The molecule has 0 fully saturated rings. The molecular weight excluding hydrogens is 165 g/mol. The molecule has 13 heavy (non-hydrogen) atoms. The summed E-state index contributed by atoms with van der Waals surface area (Å²) in [6, 6.07) is 5.22. The number of nitrogens with zero attached hydrogens (tertiary/aromatic N) is 1. The third kappa shape index (κ3) is 2.20. The minimum atomic E-state index is -0.130. The summed E-state index contributed by atoms with van der Waals surface area (Å²) in [5.41, 5.74) is 1.81. The van der Waals surface area contributed by atoms with E-state index in [0.29, 0.717) is 5.69 Å². The Morgan fingerprint density at radius 3 is 2.38 bits per heavy atom. The van der Waals surface area contributed by atoms with Crippen LogP contribution < -0.4 is 4.90 Å². The van der Waals surface area contributed by atoms with Gasteiger partial charge in [-0.25, -0.2) is 4.39 Å². The van der Waals surface area contributed by atoms with Gasteiger partial charge in [-0.1, -0.05) is 6.07 Å². The first-order chi connectivity index (χ1) is 6.19. The molecule has 0 amide bonds. The Hall–Kier alpha value is -1.05. The van der Waals surface area contributed by atoms with Gasteiger partial charge in [-0.05, 0) is 38.5 Å². The lowest BCUT2D eigenvalue weighted by Crippen LogP contribution is -2.22. The van der Waals surface area contributed by atoms with Crippen molar-refractivity contribution < 1.29 is 4.39 Å². The number of anilines is 1. The van der Waals surface area contributed by atoms with Crippen molar-refractivity contribution in [3.05, 3.63) is 29.6 Å². The van der Waals surface area contributed by atoms with Gasteiger partial charge in [0.05, 0.1) is 5.69 Å². The largest absolute Gasteiger partial charge is 0.370 e. The molecule has 1 aromatic rings. The number of hydrogen-bond acceptors (Lipinski definition) is 1. The summed E-state index contributed by atoms with van der Waals surface area (Å²) in [4.78, 5) is 2.02. The van der Waals surface area contributed by atoms with Gasteiger partial charge in [-0.15, -0.1) is 0 Å². The molecule has 0 bridgehead atoms. The summed E-state index contributed by atoms with van der Waals surface area (Å²) >= 11 is 0. The number of halogens is 1. The van der Waals surface area contributed by atoms with E-state index in [4.69, 9.17) is 0 Å². The van der Waals surface area contributed by atoms with Crippen molar-refractivity contribution in [1.82, 2.24) is 0 Å². The van der Waals surface area contributed by atoms with Crippen LogP contribution in [-0.2, 0) is 0 Å². The molecule has 0 aromatic heterocycles. The second-order valence-corrected chi connectivity index (χ2v) is 3.13. The molecule has 0 aliphatic carbocycles. The quantitative estimate of drug-likeness (QED) is 0.693. The van der Waals surface area contributed by atoms with Crippen LogP contribution in [0.5, 0.6) is 0 Å². The standard InChI is InChI=1S/C11H16FN/c1-4-13(5-2)11-8-9(3)6-7-10(11)12/h6-8H,4-5H2,1-3H3. The number of rotatable bonds is 3. The second-order valence-electron chi connectivity index (χ2n) is 3.13. The molecule has 0 aliphatic heterocycles. The molecule has 0 saturated heterocycles. The first kappa shape index (κ1) is 10.0. The van der Waals surface area contributed by atoms with Crippen molar-refractivity contribution in [3.63, 3.8) is 0 Å². The molecule has 0 saturated carbocycles. The molecule has 0 aliphatic rings. The normalized spacial score (nSPS) is 10.2. The van der Waals surface area contributed by atoms with E-state index in [9.17, 15) is 4.39 Å². The van der Waals surface area contributed by atoms with Crippen molar-refractivity contribution in [3.8, 4) is 0 Å². The van der Waals surface area contributed by atoms with E-state index in [2.05, 4.69) is 0 Å². The van der Waals surface area contributed by atoms with Gasteiger partial charge >= 0.3 is 0 Å². The smallest absolute Gasteiger partial charge is 0.146 e. The van der Waals surface area contributed by atoms with E-state index in [1.54, 1.807) is 6.07 Å². The average Bonchev–Trinajstić information content (AvgIpc) is 2.13. The predicted octanol–water partition coefficient (Wildman–Crippen LogP) is 2.98. The maximum absolute atomic E-state index is 13.4. The van der Waals surface area contributed by atoms with Crippen molar-refractivity contribution in [2.24, 2.45) is 0 Å². The average molecular weight is 181 g/mol. The van der Waals surface area contributed by atoms with Crippen LogP contribution in [0.25, 0.3) is 0 Å². The highest BCUT2D eigenvalue weighted by molar-refractivity contribution is 5.49. The Bertz CT molecular complexity index is 279. The predicted molar refractivity (Wildman–Crippen MR) is 54.7 cm³/mol. The molecule has 0 radical (unpaired) electrons. The zero-order chi connectivity index (χ0) is 9.84. The van der Waals surface area contributed by atoms with E-state index in [-0.39, 0.29) is 5.82 Å². The summed E-state index contributed by atoms with van der Waals surface area (Å²) in [5, 5.41) is 0. The van der Waals surface area contributed by atoms with Gasteiger partial charge in [0.1, 0.15) is 5.82 Å². The fourth-order valence-electron chi connectivity index (χ4n) is 1.43. The van der Waals surface area contributed by atoms with E-state index in [1.807, 2.05) is 31.7 Å². The molecule has 0 heterocycles. The Morgan fingerprint density at radius 1 is 1.23 bits per heavy atom. The van der Waals surface area contributed by atoms with Crippen LogP contribution >= 0.6 is 0 Å². The zero-order valence-electron chi connectivity index (χ0n) is 8.47. The molecule has 2 heteroatoms. The maximum atomic E-state index is 13.4. The molecule has 0 atom stereocenters. The monoisotopic (exact) mass is 181 g/mol. The van der Waals surface area contributed by atoms with Crippen molar-refractivity contribution in [2.45, 2.75) is 20.8 Å². The van der Waals surface area contributed by atoms with Crippen LogP contribution in [0.15, 0.2) is 18.2 Å². The maximum Gasteiger partial charge on any atom is 0.146 e. The first-order valence-electron chi connectivity index (χ1n) is 4.70. The highest BCUT2D eigenvalue weighted by atomic mass is 19.1. The molecule has 0 N–H and O–H groups in total. The lowest BCUT2D eigenvalue weighted by Gasteiger charge is -2.21. The van der Waals surface area contributed by atoms with Crippen LogP contribution in [0.2, 0.25) is 0 Å². The van der Waals surface area contributed by atoms with E-state index in [0.717, 1.165) is 18.7 Å². The Kier molecular flexibility index (Phi) is 3.29. The van der Waals surface area contributed by atoms with Gasteiger partial charge in [-0.3, -0.25) is 0 Å². The zero-order valence-corrected chi connectivity index (χ0v) is 8.47. The third-order valence-electron chi connectivity index (χ3n) is 2.21. The number of benzene rings is 1. The summed E-state index contributed by atoms with van der Waals surface area (Å²) < 4.78 is 13.4. The molecule has 0 spiro atoms. The Morgan fingerprint density at radius 2 is 1.85 bits per heavy atom. The van der Waals surface area contributed by atoms with Gasteiger partial charge in [0.2, 0.25) is 0 Å². The number of hydrogen-bond donors (Lipinski definition) is 0. The molecule has 1 nitrogen and oxygen atoms in total. The highest BCUT2D eigenvalue weighted by Crippen LogP contribution is 2.20. The minimum Gasteiger partial charge on any atom is -0.370 e. The third-order valence-corrected chi connectivity index (χ3v) is 2.21. The molecule has 0 unspecified atom stereocenters. The van der Waals surface area contributed by atoms with E-state index in [1.165, 1.54) is 6.07 Å². The van der Waals surface area contributed by atoms with Crippen molar-refractivity contribution in [1.29, 1.82) is 0 Å². The summed E-state index contributed by atoms with van der Waals surface area (Å²) in [6.45, 7) is 7.73. The lowest BCUT2D eigenvalue weighted by molar-refractivity contribution is 0.619. The Labute approximate surface area is 79.2 Å². The van der Waals surface area contributed by atoms with Crippen LogP contribution in [-0.4, -0.2) is 13.1 Å². The summed E-state index contributed by atoms with van der Waals surface area (Å²) in [6.07, 6.45) is 0. The summed E-state index contributed by atoms with van der Waals surface area (Å²) in [7, 11) is 0. The van der Waals surface area contributed by atoms with Crippen molar-refractivity contribution in [2.75, 3.05) is 18.0 Å². The second kappa shape index (κ2) is 4.26. The lowest BCUT2D eigenvalue weighted by atomic mass is 10.2. The highest BCUT2D eigenvalue weighted by Gasteiger charge is 2.07. The van der Waals surface area contributed by atoms with Crippen LogP contribution in [0, 0.1) is 12.7 Å². The van der Waals surface area contributed by atoms with E-state index < -0.39 is 0 Å². The fourth-order valence-corrected chi connectivity index (χ4v) is 1.43. The molecular formula is C11H16FN. The van der Waals surface area contributed by atoms with Gasteiger partial charge in [0.25, 0.3) is 0 Å². The first-order valence-corrected chi connectivity index (χ1v) is 4.70. The van der Waals surface area contributed by atoms with Gasteiger partial charge in [0.15, 0.2) is 0 Å². The topological polar surface area (TPSA) is 3.24 Å². The van der Waals surface area contributed by atoms with Crippen LogP contribution in [0.4, 0.5) is 10.1 Å². The van der Waals surface area contributed by atoms with Crippen LogP contribution in [0.1, 0.15) is 19.4 Å². The molecule has 72 valence electrons. The fraction of sp³-hybridized carbons (Fsp3) is 0.455. The molecule has 1 aromatic carbocycles. The Balaban J connectivity index is 3.03. The van der Waals surface area contributed by atoms with Gasteiger partial charge < -0.3 is 4.90 Å². The van der Waals surface area contributed by atoms with Crippen LogP contribution in [0.3, 0.4) is 0 Å². The summed E-state index contributed by atoms with van der Waals surface area (Å²) in [5.74, 6) is -0.130. The van der Waals surface area contributed by atoms with Crippen molar-refractivity contribution >= 4 is 5.69 Å².